The molecule has 3 aromatic heterocycles. The highest BCUT2D eigenvalue weighted by Crippen LogP contribution is 2.31. The van der Waals surface area contributed by atoms with Gasteiger partial charge in [-0.1, -0.05) is 0 Å². The van der Waals surface area contributed by atoms with Crippen molar-refractivity contribution in [2.45, 2.75) is 52.3 Å². The predicted octanol–water partition coefficient (Wildman–Crippen LogP) is 3.00. The molecular formula is C19H22F3N7O. The van der Waals surface area contributed by atoms with Gasteiger partial charge in [-0.3, -0.25) is 9.48 Å². The minimum Gasteiger partial charge on any atom is -0.338 e. The van der Waals surface area contributed by atoms with E-state index in [1.165, 1.54) is 10.7 Å². The first-order valence-corrected chi connectivity index (χ1v) is 9.82. The number of fused-ring (bicyclic) bond motifs is 1. The molecule has 30 heavy (non-hydrogen) atoms. The van der Waals surface area contributed by atoms with Crippen LogP contribution in [0.25, 0.3) is 5.78 Å². The number of amides is 1. The summed E-state index contributed by atoms with van der Waals surface area (Å²) < 4.78 is 41.9. The number of hydrogen-bond acceptors (Lipinski definition) is 5. The van der Waals surface area contributed by atoms with Crippen molar-refractivity contribution in [1.29, 1.82) is 0 Å². The zero-order chi connectivity index (χ0) is 21.6. The van der Waals surface area contributed by atoms with Crippen LogP contribution < -0.4 is 0 Å². The van der Waals surface area contributed by atoms with Gasteiger partial charge in [0.2, 0.25) is 0 Å². The number of rotatable bonds is 3. The third kappa shape index (κ3) is 3.41. The Morgan fingerprint density at radius 1 is 1.20 bits per heavy atom. The van der Waals surface area contributed by atoms with E-state index < -0.39 is 12.0 Å². The molecule has 11 heteroatoms. The fourth-order valence-corrected chi connectivity index (χ4v) is 4.09. The second-order valence-corrected chi connectivity index (χ2v) is 7.44. The molecule has 4 rings (SSSR count). The summed E-state index contributed by atoms with van der Waals surface area (Å²) in [4.78, 5) is 22.2. The summed E-state index contributed by atoms with van der Waals surface area (Å²) in [6.45, 7) is 7.39. The Labute approximate surface area is 170 Å². The van der Waals surface area contributed by atoms with Gasteiger partial charge >= 0.3 is 6.18 Å². The van der Waals surface area contributed by atoms with Crippen molar-refractivity contribution < 1.29 is 18.0 Å². The van der Waals surface area contributed by atoms with Crippen LogP contribution in [-0.4, -0.2) is 53.3 Å². The van der Waals surface area contributed by atoms with E-state index in [0.29, 0.717) is 49.4 Å². The number of piperidine rings is 1. The molecule has 0 spiro atoms. The molecule has 1 saturated heterocycles. The number of hydrogen-bond donors (Lipinski definition) is 0. The Kier molecular flexibility index (Phi) is 4.99. The minimum absolute atomic E-state index is 0.0390. The van der Waals surface area contributed by atoms with Crippen LogP contribution in [0.2, 0.25) is 0 Å². The first-order valence-electron chi connectivity index (χ1n) is 9.82. The van der Waals surface area contributed by atoms with E-state index in [4.69, 9.17) is 0 Å². The highest BCUT2D eigenvalue weighted by Gasteiger charge is 2.37. The average Bonchev–Trinajstić information content (AvgIpc) is 3.28. The molecule has 4 heterocycles. The Morgan fingerprint density at radius 3 is 2.50 bits per heavy atom. The minimum atomic E-state index is -4.63. The number of carbonyl (C=O) groups excluding carboxylic acids is 1. The maximum Gasteiger partial charge on any atom is 0.453 e. The van der Waals surface area contributed by atoms with Gasteiger partial charge in [0.15, 0.2) is 0 Å². The van der Waals surface area contributed by atoms with E-state index in [1.807, 2.05) is 25.5 Å². The predicted molar refractivity (Wildman–Crippen MR) is 101 cm³/mol. The molecule has 1 fully saturated rings. The van der Waals surface area contributed by atoms with Gasteiger partial charge in [-0.2, -0.15) is 23.3 Å². The molecule has 1 aliphatic heterocycles. The van der Waals surface area contributed by atoms with Crippen molar-refractivity contribution >= 4 is 11.7 Å². The SMILES string of the molecule is CCn1nc(C)c(C(=O)N2CCC(c3ccnc4nc(C(F)(F)F)nn34)CC2)c1C. The standard InChI is InChI=1S/C19H22F3N7O/c1-4-28-12(3)15(11(2)25-28)16(30)27-9-6-13(7-10-27)14-5-8-23-18-24-17(19(20,21)22)26-29(14)18/h5,8,13H,4,6-7,9-10H2,1-3H3. The fraction of sp³-hybridized carbons (Fsp3) is 0.526. The van der Waals surface area contributed by atoms with E-state index in [-0.39, 0.29) is 17.6 Å². The Morgan fingerprint density at radius 2 is 1.90 bits per heavy atom. The third-order valence-corrected chi connectivity index (χ3v) is 5.62. The van der Waals surface area contributed by atoms with Crippen LogP contribution in [0.3, 0.4) is 0 Å². The zero-order valence-corrected chi connectivity index (χ0v) is 16.9. The third-order valence-electron chi connectivity index (χ3n) is 5.62. The normalized spacial score (nSPS) is 15.9. The number of carbonyl (C=O) groups is 1. The van der Waals surface area contributed by atoms with E-state index >= 15 is 0 Å². The first kappa shape index (κ1) is 20.3. The van der Waals surface area contributed by atoms with Crippen LogP contribution in [-0.2, 0) is 12.7 Å². The summed E-state index contributed by atoms with van der Waals surface area (Å²) in [6.07, 6.45) is -1.94. The van der Waals surface area contributed by atoms with Crippen molar-refractivity contribution in [1.82, 2.24) is 34.3 Å². The smallest absolute Gasteiger partial charge is 0.338 e. The van der Waals surface area contributed by atoms with Gasteiger partial charge in [-0.05, 0) is 39.7 Å². The van der Waals surface area contributed by atoms with Gasteiger partial charge in [-0.15, -0.1) is 5.10 Å². The van der Waals surface area contributed by atoms with Gasteiger partial charge < -0.3 is 4.90 Å². The molecule has 3 aromatic rings. The molecule has 0 unspecified atom stereocenters. The highest BCUT2D eigenvalue weighted by atomic mass is 19.4. The molecule has 1 aliphatic rings. The molecule has 0 atom stereocenters. The molecular weight excluding hydrogens is 399 g/mol. The summed E-state index contributed by atoms with van der Waals surface area (Å²) in [6, 6.07) is 1.67. The maximum atomic E-state index is 13.0. The lowest BCUT2D eigenvalue weighted by atomic mass is 9.93. The number of likely N-dealkylation sites (tertiary alicyclic amines) is 1. The van der Waals surface area contributed by atoms with Gasteiger partial charge in [0.25, 0.3) is 17.5 Å². The summed E-state index contributed by atoms with van der Waals surface area (Å²) >= 11 is 0. The largest absolute Gasteiger partial charge is 0.453 e. The van der Waals surface area contributed by atoms with Crippen molar-refractivity contribution in [2.24, 2.45) is 0 Å². The van der Waals surface area contributed by atoms with Crippen LogP contribution in [0.4, 0.5) is 13.2 Å². The Bertz CT molecular complexity index is 1090. The topological polar surface area (TPSA) is 81.2 Å². The van der Waals surface area contributed by atoms with Gasteiger partial charge in [-0.25, -0.2) is 9.50 Å². The van der Waals surface area contributed by atoms with Crippen LogP contribution in [0.15, 0.2) is 12.3 Å². The van der Waals surface area contributed by atoms with Crippen molar-refractivity contribution in [3.05, 3.63) is 40.7 Å². The fourth-order valence-electron chi connectivity index (χ4n) is 4.09. The molecule has 0 aromatic carbocycles. The van der Waals surface area contributed by atoms with Crippen molar-refractivity contribution in [3.63, 3.8) is 0 Å². The van der Waals surface area contributed by atoms with E-state index in [0.717, 1.165) is 5.69 Å². The molecule has 0 radical (unpaired) electrons. The molecule has 1 amide bonds. The van der Waals surface area contributed by atoms with Crippen LogP contribution >= 0.6 is 0 Å². The number of halogens is 3. The van der Waals surface area contributed by atoms with Crippen LogP contribution in [0.5, 0.6) is 0 Å². The van der Waals surface area contributed by atoms with E-state index in [9.17, 15) is 18.0 Å². The summed E-state index contributed by atoms with van der Waals surface area (Å²) in [5, 5.41) is 8.04. The van der Waals surface area contributed by atoms with Gasteiger partial charge in [0, 0.05) is 37.4 Å². The van der Waals surface area contributed by atoms with E-state index in [1.54, 1.807) is 11.0 Å². The molecule has 0 N–H and O–H groups in total. The molecule has 0 bridgehead atoms. The molecule has 8 nitrogen and oxygen atoms in total. The maximum absolute atomic E-state index is 13.0. The summed E-state index contributed by atoms with van der Waals surface area (Å²) in [7, 11) is 0. The second-order valence-electron chi connectivity index (χ2n) is 7.44. The number of nitrogens with zero attached hydrogens (tertiary/aromatic N) is 7. The number of aromatic nitrogens is 6. The molecule has 160 valence electrons. The summed E-state index contributed by atoms with van der Waals surface area (Å²) in [5.74, 6) is -1.36. The Balaban J connectivity index is 1.53. The summed E-state index contributed by atoms with van der Waals surface area (Å²) in [5.41, 5.74) is 2.81. The van der Waals surface area contributed by atoms with Crippen molar-refractivity contribution in [2.75, 3.05) is 13.1 Å². The van der Waals surface area contributed by atoms with E-state index in [2.05, 4.69) is 20.2 Å². The lowest BCUT2D eigenvalue weighted by molar-refractivity contribution is -0.144. The lowest BCUT2D eigenvalue weighted by Gasteiger charge is -2.32. The van der Waals surface area contributed by atoms with Gasteiger partial charge in [0.1, 0.15) is 0 Å². The van der Waals surface area contributed by atoms with Gasteiger partial charge in [0.05, 0.1) is 17.0 Å². The highest BCUT2D eigenvalue weighted by molar-refractivity contribution is 5.96. The monoisotopic (exact) mass is 421 g/mol. The van der Waals surface area contributed by atoms with Crippen molar-refractivity contribution in [3.8, 4) is 0 Å². The average molecular weight is 421 g/mol. The molecule has 0 saturated carbocycles. The number of aryl methyl sites for hydroxylation is 2. The Hall–Kier alpha value is -2.98. The van der Waals surface area contributed by atoms with Crippen LogP contribution in [0, 0.1) is 13.8 Å². The lowest BCUT2D eigenvalue weighted by Crippen LogP contribution is -2.38. The molecule has 0 aliphatic carbocycles. The first-order chi connectivity index (χ1) is 14.2. The second kappa shape index (κ2) is 7.37. The number of alkyl halides is 3. The quantitative estimate of drug-likeness (QED) is 0.650. The van der Waals surface area contributed by atoms with Crippen LogP contribution in [0.1, 0.15) is 58.9 Å². The zero-order valence-electron chi connectivity index (χ0n) is 16.9.